The Kier molecular flexibility index (Phi) is 10.1. The van der Waals surface area contributed by atoms with E-state index in [9.17, 15) is 9.59 Å². The molecule has 0 aliphatic carbocycles. The number of rotatable bonds is 7. The molecule has 2 fully saturated rings. The van der Waals surface area contributed by atoms with Gasteiger partial charge in [0.2, 0.25) is 0 Å². The number of hydrogen-bond acceptors (Lipinski definition) is 7. The number of methoxy groups -OCH3 is 1. The Labute approximate surface area is 266 Å². The van der Waals surface area contributed by atoms with Gasteiger partial charge in [-0.15, -0.1) is 0 Å². The molecule has 1 amide bonds. The lowest BCUT2D eigenvalue weighted by atomic mass is 9.96. The zero-order valence-electron chi connectivity index (χ0n) is 26.2. The van der Waals surface area contributed by atoms with Gasteiger partial charge in [0.05, 0.1) is 12.7 Å². The summed E-state index contributed by atoms with van der Waals surface area (Å²) in [5.41, 5.74) is 6.15. The molecule has 8 nitrogen and oxygen atoms in total. The number of nitrogens with zero attached hydrogens (tertiary/aromatic N) is 4. The number of esters is 1. The first-order valence-electron chi connectivity index (χ1n) is 15.3. The Morgan fingerprint density at radius 3 is 2.00 bits per heavy atom. The van der Waals surface area contributed by atoms with Gasteiger partial charge in [-0.2, -0.15) is 0 Å². The van der Waals surface area contributed by atoms with Gasteiger partial charge in [-0.3, -0.25) is 9.80 Å². The fourth-order valence-corrected chi connectivity index (χ4v) is 5.92. The van der Waals surface area contributed by atoms with E-state index >= 15 is 0 Å². The van der Waals surface area contributed by atoms with Crippen LogP contribution in [0.4, 0.5) is 10.5 Å². The van der Waals surface area contributed by atoms with Crippen molar-refractivity contribution in [2.45, 2.75) is 39.5 Å². The van der Waals surface area contributed by atoms with Crippen molar-refractivity contribution in [1.82, 2.24) is 14.7 Å². The maximum atomic E-state index is 12.5. The molecule has 0 bridgehead atoms. The first kappa shape index (κ1) is 31.8. The molecule has 9 heteroatoms. The number of carbonyl (C=O) groups is 2. The second-order valence-electron chi connectivity index (χ2n) is 12.5. The Balaban J connectivity index is 1.24. The molecule has 0 radical (unpaired) electrons. The third-order valence-electron chi connectivity index (χ3n) is 8.17. The van der Waals surface area contributed by atoms with E-state index in [0.29, 0.717) is 18.7 Å². The third-order valence-corrected chi connectivity index (χ3v) is 8.43. The average molecular weight is 619 g/mol. The highest BCUT2D eigenvalue weighted by atomic mass is 35.5. The molecule has 3 aromatic rings. The van der Waals surface area contributed by atoms with Gasteiger partial charge in [-0.1, -0.05) is 41.9 Å². The van der Waals surface area contributed by atoms with Gasteiger partial charge < -0.3 is 19.3 Å². The molecule has 2 aliphatic heterocycles. The van der Waals surface area contributed by atoms with E-state index in [-0.39, 0.29) is 12.1 Å². The van der Waals surface area contributed by atoms with Gasteiger partial charge in [0, 0.05) is 76.2 Å². The lowest BCUT2D eigenvalue weighted by Crippen LogP contribution is -2.49. The summed E-state index contributed by atoms with van der Waals surface area (Å²) in [7, 11) is 1.40. The van der Waals surface area contributed by atoms with Crippen molar-refractivity contribution in [3.05, 3.63) is 88.4 Å². The molecule has 0 aromatic heterocycles. The number of halogens is 1. The van der Waals surface area contributed by atoms with Crippen molar-refractivity contribution in [1.29, 1.82) is 0 Å². The van der Waals surface area contributed by atoms with E-state index in [0.717, 1.165) is 68.6 Å². The summed E-state index contributed by atoms with van der Waals surface area (Å²) in [4.78, 5) is 33.4. The van der Waals surface area contributed by atoms with E-state index < -0.39 is 5.60 Å². The van der Waals surface area contributed by atoms with Crippen molar-refractivity contribution < 1.29 is 19.1 Å². The summed E-state index contributed by atoms with van der Waals surface area (Å²) in [5, 5.41) is 0.730. The van der Waals surface area contributed by atoms with Crippen LogP contribution in [0.15, 0.2) is 66.7 Å². The van der Waals surface area contributed by atoms with Crippen LogP contribution >= 0.6 is 11.6 Å². The third kappa shape index (κ3) is 8.31. The van der Waals surface area contributed by atoms with Crippen LogP contribution < -0.4 is 4.90 Å². The highest BCUT2D eigenvalue weighted by Gasteiger charge is 2.26. The van der Waals surface area contributed by atoms with Gasteiger partial charge >= 0.3 is 12.1 Å². The van der Waals surface area contributed by atoms with Crippen LogP contribution in [0.5, 0.6) is 0 Å². The van der Waals surface area contributed by atoms with Crippen molar-refractivity contribution in [3.63, 3.8) is 0 Å². The molecule has 0 atom stereocenters. The number of piperazine rings is 2. The minimum Gasteiger partial charge on any atom is -0.465 e. The van der Waals surface area contributed by atoms with Gasteiger partial charge in [0.1, 0.15) is 5.60 Å². The molecule has 0 saturated carbocycles. The van der Waals surface area contributed by atoms with Crippen LogP contribution in [0.3, 0.4) is 0 Å². The Bertz CT molecular complexity index is 1420. The fourth-order valence-electron chi connectivity index (χ4n) is 5.79. The average Bonchev–Trinajstić information content (AvgIpc) is 3.01. The van der Waals surface area contributed by atoms with Gasteiger partial charge in [-0.05, 0) is 79.4 Å². The van der Waals surface area contributed by atoms with Crippen molar-refractivity contribution >= 4 is 29.4 Å². The van der Waals surface area contributed by atoms with Crippen LogP contribution in [0.2, 0.25) is 5.02 Å². The van der Waals surface area contributed by atoms with E-state index in [4.69, 9.17) is 21.1 Å². The highest BCUT2D eigenvalue weighted by molar-refractivity contribution is 6.30. The number of hydrogen-bond donors (Lipinski definition) is 0. The summed E-state index contributed by atoms with van der Waals surface area (Å²) in [6, 6.07) is 22.5. The molecule has 0 unspecified atom stereocenters. The topological polar surface area (TPSA) is 65.6 Å². The molecule has 234 valence electrons. The molecule has 2 aliphatic rings. The fraction of sp³-hybridized carbons (Fsp3) is 0.429. The molecular formula is C35H43ClN4O4. The molecule has 2 saturated heterocycles. The Morgan fingerprint density at radius 2 is 1.39 bits per heavy atom. The molecule has 3 aromatic carbocycles. The van der Waals surface area contributed by atoms with E-state index in [2.05, 4.69) is 45.0 Å². The van der Waals surface area contributed by atoms with Crippen LogP contribution in [0.25, 0.3) is 11.1 Å². The van der Waals surface area contributed by atoms with Crippen molar-refractivity contribution in [3.8, 4) is 11.1 Å². The quantitative estimate of drug-likeness (QED) is 0.294. The molecule has 2 heterocycles. The number of benzene rings is 3. The van der Waals surface area contributed by atoms with E-state index in [1.807, 2.05) is 62.1 Å². The zero-order valence-corrected chi connectivity index (χ0v) is 27.0. The molecular weight excluding hydrogens is 576 g/mol. The smallest absolute Gasteiger partial charge is 0.410 e. The Morgan fingerprint density at radius 1 is 0.773 bits per heavy atom. The number of ether oxygens (including phenoxy) is 2. The lowest BCUT2D eigenvalue weighted by molar-refractivity contribution is 0.0139. The van der Waals surface area contributed by atoms with E-state index in [1.54, 1.807) is 0 Å². The van der Waals surface area contributed by atoms with Crippen LogP contribution in [-0.4, -0.2) is 91.8 Å². The maximum absolute atomic E-state index is 12.5. The second kappa shape index (κ2) is 14.0. The molecule has 0 N–H and O–H groups in total. The largest absolute Gasteiger partial charge is 0.465 e. The molecule has 44 heavy (non-hydrogen) atoms. The van der Waals surface area contributed by atoms with Gasteiger partial charge in [0.15, 0.2) is 0 Å². The second-order valence-corrected chi connectivity index (χ2v) is 13.0. The Hall–Kier alpha value is -3.59. The summed E-state index contributed by atoms with van der Waals surface area (Å²) in [6.45, 7) is 14.1. The number of amides is 1. The predicted octanol–water partition coefficient (Wildman–Crippen LogP) is 6.17. The van der Waals surface area contributed by atoms with E-state index in [1.165, 1.54) is 23.8 Å². The predicted molar refractivity (Wildman–Crippen MR) is 175 cm³/mol. The summed E-state index contributed by atoms with van der Waals surface area (Å²) in [5.74, 6) is -0.317. The first-order chi connectivity index (χ1) is 21.1. The van der Waals surface area contributed by atoms with Crippen molar-refractivity contribution in [2.75, 3.05) is 64.4 Å². The van der Waals surface area contributed by atoms with Crippen LogP contribution in [-0.2, 0) is 22.6 Å². The van der Waals surface area contributed by atoms with Gasteiger partial charge in [0.25, 0.3) is 0 Å². The molecule has 0 spiro atoms. The van der Waals surface area contributed by atoms with Crippen LogP contribution in [0, 0.1) is 0 Å². The minimum atomic E-state index is -0.486. The summed E-state index contributed by atoms with van der Waals surface area (Å²) in [6.07, 6.45) is -0.231. The monoisotopic (exact) mass is 618 g/mol. The minimum absolute atomic E-state index is 0.231. The maximum Gasteiger partial charge on any atom is 0.410 e. The molecule has 5 rings (SSSR count). The van der Waals surface area contributed by atoms with Crippen molar-refractivity contribution in [2.24, 2.45) is 0 Å². The normalized spacial score (nSPS) is 16.6. The highest BCUT2D eigenvalue weighted by Crippen LogP contribution is 2.29. The first-order valence-corrected chi connectivity index (χ1v) is 15.7. The SMILES string of the molecule is COC(=O)c1ccc(N2CCN(Cc3cc(CN4CCN(C(=O)OC(C)(C)C)CC4)ccc3-c3ccc(Cl)cc3)CC2)cc1. The lowest BCUT2D eigenvalue weighted by Gasteiger charge is -2.37. The van der Waals surface area contributed by atoms with Gasteiger partial charge in [-0.25, -0.2) is 9.59 Å². The number of anilines is 1. The number of carbonyl (C=O) groups excluding carboxylic acids is 2. The standard InChI is InChI=1S/C35H43ClN4O4/c1-35(2,3)44-34(42)40-21-17-37(18-22-40)24-26-5-14-32(27-6-10-30(36)11-7-27)29(23-26)25-38-15-19-39(20-16-38)31-12-8-28(9-13-31)33(41)43-4/h5-14,23H,15-22,24-25H2,1-4H3. The summed E-state index contributed by atoms with van der Waals surface area (Å²) < 4.78 is 10.4. The van der Waals surface area contributed by atoms with Crippen LogP contribution in [0.1, 0.15) is 42.3 Å². The zero-order chi connectivity index (χ0) is 31.3. The summed E-state index contributed by atoms with van der Waals surface area (Å²) >= 11 is 6.21.